The number of esters is 1. The zero-order valence-electron chi connectivity index (χ0n) is 25.3. The number of carbonyl (C=O) groups is 4. The molecule has 3 N–H and O–H groups in total. The van der Waals surface area contributed by atoms with Gasteiger partial charge in [0.2, 0.25) is 11.8 Å². The van der Waals surface area contributed by atoms with Crippen LogP contribution in [0.5, 0.6) is 0 Å². The van der Waals surface area contributed by atoms with Crippen molar-refractivity contribution in [3.8, 4) is 0 Å². The van der Waals surface area contributed by atoms with Crippen LogP contribution in [0.15, 0.2) is 85.1 Å². The van der Waals surface area contributed by atoms with Crippen LogP contribution in [0.4, 0.5) is 0 Å². The molecule has 0 aliphatic rings. The zero-order valence-corrected chi connectivity index (χ0v) is 25.3. The SMILES string of the molecule is CCC=CCC=CCC=CCC=CCC=CCC=CCCC(=O)N[C@@H](CCCCNC(=O)C=CC(=O)OCC)C(=O)O. The molecular formula is C34H50N2O6. The predicted octanol–water partition coefficient (Wildman–Crippen LogP) is 6.44. The van der Waals surface area contributed by atoms with Gasteiger partial charge in [0.1, 0.15) is 6.04 Å². The molecule has 0 saturated carbocycles. The highest BCUT2D eigenvalue weighted by Crippen LogP contribution is 2.03. The van der Waals surface area contributed by atoms with Gasteiger partial charge in [0.25, 0.3) is 0 Å². The molecule has 2 amide bonds. The minimum absolute atomic E-state index is 0.217. The topological polar surface area (TPSA) is 122 Å². The van der Waals surface area contributed by atoms with E-state index in [9.17, 15) is 24.3 Å². The number of aliphatic carboxylic acids is 1. The number of carboxylic acid groups (broad SMARTS) is 1. The number of allylic oxidation sites excluding steroid dienone is 12. The number of carbonyl (C=O) groups excluding carboxylic acids is 3. The second kappa shape index (κ2) is 28.6. The molecule has 0 aliphatic carbocycles. The van der Waals surface area contributed by atoms with Gasteiger partial charge >= 0.3 is 11.9 Å². The van der Waals surface area contributed by atoms with E-state index in [1.165, 1.54) is 0 Å². The van der Waals surface area contributed by atoms with Gasteiger partial charge in [-0.25, -0.2) is 9.59 Å². The average Bonchev–Trinajstić information content (AvgIpc) is 2.96. The summed E-state index contributed by atoms with van der Waals surface area (Å²) in [6.07, 6.45) is 35.3. The Morgan fingerprint density at radius 3 is 1.74 bits per heavy atom. The molecule has 0 spiro atoms. The Morgan fingerprint density at radius 2 is 1.24 bits per heavy atom. The molecule has 0 aromatic rings. The lowest BCUT2D eigenvalue weighted by Gasteiger charge is -2.14. The van der Waals surface area contributed by atoms with Crippen molar-refractivity contribution in [3.05, 3.63) is 85.1 Å². The number of hydrogen-bond acceptors (Lipinski definition) is 5. The molecule has 0 rings (SSSR count). The molecule has 0 heterocycles. The summed E-state index contributed by atoms with van der Waals surface area (Å²) in [5, 5.41) is 14.6. The second-order valence-electron chi connectivity index (χ2n) is 9.28. The number of unbranched alkanes of at least 4 members (excludes halogenated alkanes) is 1. The lowest BCUT2D eigenvalue weighted by Crippen LogP contribution is -2.40. The molecule has 8 heteroatoms. The van der Waals surface area contributed by atoms with E-state index in [0.717, 1.165) is 50.7 Å². The van der Waals surface area contributed by atoms with Crippen molar-refractivity contribution >= 4 is 23.8 Å². The third-order valence-electron chi connectivity index (χ3n) is 5.64. The highest BCUT2D eigenvalue weighted by molar-refractivity contribution is 5.94. The Hall–Kier alpha value is -3.94. The van der Waals surface area contributed by atoms with Gasteiger partial charge in [0.15, 0.2) is 0 Å². The molecule has 0 fully saturated rings. The van der Waals surface area contributed by atoms with E-state index in [1.54, 1.807) is 6.92 Å². The Kier molecular flexibility index (Phi) is 25.9. The lowest BCUT2D eigenvalue weighted by molar-refractivity contribution is -0.142. The van der Waals surface area contributed by atoms with Crippen LogP contribution in [-0.2, 0) is 23.9 Å². The first-order valence-corrected chi connectivity index (χ1v) is 14.9. The van der Waals surface area contributed by atoms with E-state index in [-0.39, 0.29) is 25.4 Å². The van der Waals surface area contributed by atoms with Crippen LogP contribution in [0.3, 0.4) is 0 Å². The van der Waals surface area contributed by atoms with Crippen molar-refractivity contribution in [3.63, 3.8) is 0 Å². The third kappa shape index (κ3) is 26.3. The molecule has 0 saturated heterocycles. The normalized spacial score (nSPS) is 13.0. The summed E-state index contributed by atoms with van der Waals surface area (Å²) < 4.78 is 4.69. The molecule has 1 atom stereocenters. The Balaban J connectivity index is 3.97. The molecule has 8 nitrogen and oxygen atoms in total. The van der Waals surface area contributed by atoms with Gasteiger partial charge < -0.3 is 20.5 Å². The molecule has 0 radical (unpaired) electrons. The fraction of sp³-hybridized carbons (Fsp3) is 0.471. The van der Waals surface area contributed by atoms with Crippen molar-refractivity contribution in [1.29, 1.82) is 0 Å². The molecular weight excluding hydrogens is 532 g/mol. The first-order chi connectivity index (χ1) is 20.4. The van der Waals surface area contributed by atoms with Crippen LogP contribution in [0.1, 0.15) is 84.5 Å². The highest BCUT2D eigenvalue weighted by Gasteiger charge is 2.18. The Morgan fingerprint density at radius 1 is 0.714 bits per heavy atom. The van der Waals surface area contributed by atoms with Crippen LogP contribution in [0, 0.1) is 0 Å². The van der Waals surface area contributed by atoms with Crippen molar-refractivity contribution < 1.29 is 29.0 Å². The van der Waals surface area contributed by atoms with E-state index in [4.69, 9.17) is 0 Å². The smallest absolute Gasteiger partial charge is 0.330 e. The number of nitrogens with one attached hydrogen (secondary N) is 2. The van der Waals surface area contributed by atoms with Crippen molar-refractivity contribution in [2.45, 2.75) is 90.5 Å². The van der Waals surface area contributed by atoms with Gasteiger partial charge in [-0.2, -0.15) is 0 Å². The minimum Gasteiger partial charge on any atom is -0.480 e. The first kappa shape index (κ1) is 38.1. The number of rotatable bonds is 24. The van der Waals surface area contributed by atoms with Crippen LogP contribution < -0.4 is 10.6 Å². The molecule has 0 unspecified atom stereocenters. The Bertz CT molecular complexity index is 973. The monoisotopic (exact) mass is 582 g/mol. The summed E-state index contributed by atoms with van der Waals surface area (Å²) >= 11 is 0. The summed E-state index contributed by atoms with van der Waals surface area (Å²) in [5.41, 5.74) is 0. The summed E-state index contributed by atoms with van der Waals surface area (Å²) in [7, 11) is 0. The van der Waals surface area contributed by atoms with Gasteiger partial charge in [-0.05, 0) is 71.1 Å². The molecule has 0 aromatic carbocycles. The van der Waals surface area contributed by atoms with E-state index >= 15 is 0 Å². The summed E-state index contributed by atoms with van der Waals surface area (Å²) in [4.78, 5) is 46.5. The summed E-state index contributed by atoms with van der Waals surface area (Å²) in [6.45, 7) is 4.37. The maximum absolute atomic E-state index is 12.1. The summed E-state index contributed by atoms with van der Waals surface area (Å²) in [6, 6.07) is -0.970. The number of hydrogen-bond donors (Lipinski definition) is 3. The minimum atomic E-state index is -1.08. The summed E-state index contributed by atoms with van der Waals surface area (Å²) in [5.74, 6) is -2.41. The van der Waals surface area contributed by atoms with Crippen molar-refractivity contribution in [2.24, 2.45) is 0 Å². The van der Waals surface area contributed by atoms with E-state index in [2.05, 4.69) is 83.1 Å². The second-order valence-corrected chi connectivity index (χ2v) is 9.28. The number of ether oxygens (including phenoxy) is 1. The van der Waals surface area contributed by atoms with Gasteiger partial charge in [0.05, 0.1) is 6.61 Å². The average molecular weight is 583 g/mol. The maximum Gasteiger partial charge on any atom is 0.330 e. The zero-order chi connectivity index (χ0) is 31.1. The maximum atomic E-state index is 12.1. The molecule has 42 heavy (non-hydrogen) atoms. The van der Waals surface area contributed by atoms with Crippen LogP contribution in [0.2, 0.25) is 0 Å². The van der Waals surface area contributed by atoms with Crippen LogP contribution in [0.25, 0.3) is 0 Å². The van der Waals surface area contributed by atoms with E-state index in [1.807, 2.05) is 12.2 Å². The van der Waals surface area contributed by atoms with Crippen molar-refractivity contribution in [1.82, 2.24) is 10.6 Å². The van der Waals surface area contributed by atoms with Gasteiger partial charge in [-0.15, -0.1) is 0 Å². The van der Waals surface area contributed by atoms with Gasteiger partial charge in [-0.3, -0.25) is 9.59 Å². The molecule has 0 aliphatic heterocycles. The number of carboxylic acids is 1. The fourth-order valence-electron chi connectivity index (χ4n) is 3.46. The number of amides is 2. The quantitative estimate of drug-likeness (QED) is 0.0521. The predicted molar refractivity (Wildman–Crippen MR) is 170 cm³/mol. The lowest BCUT2D eigenvalue weighted by atomic mass is 10.1. The third-order valence-corrected chi connectivity index (χ3v) is 5.64. The van der Waals surface area contributed by atoms with Gasteiger partial charge in [0, 0.05) is 25.1 Å². The molecule has 0 aromatic heterocycles. The standard InChI is InChI=1S/C34H50N2O6/c1-3-5-6-7-8-9-10-11-12-13-14-15-16-17-18-19-20-21-22-26-32(38)36-30(34(40)41)25-23-24-29-35-31(37)27-28-33(39)42-4-2/h5-6,8-9,11-12,14-15,17-18,20-21,27-28,30H,3-4,7,10,13,16,19,22-26,29H2,1-2H3,(H,35,37)(H,36,38)(H,40,41)/t30-/m0/s1. The first-order valence-electron chi connectivity index (χ1n) is 14.9. The van der Waals surface area contributed by atoms with Crippen LogP contribution in [-0.4, -0.2) is 48.1 Å². The fourth-order valence-corrected chi connectivity index (χ4v) is 3.46. The highest BCUT2D eigenvalue weighted by atomic mass is 16.5. The van der Waals surface area contributed by atoms with Gasteiger partial charge in [-0.1, -0.05) is 79.8 Å². The molecule has 232 valence electrons. The van der Waals surface area contributed by atoms with E-state index in [0.29, 0.717) is 25.8 Å². The Labute approximate surface area is 252 Å². The van der Waals surface area contributed by atoms with Crippen LogP contribution >= 0.6 is 0 Å². The largest absolute Gasteiger partial charge is 0.480 e. The van der Waals surface area contributed by atoms with E-state index < -0.39 is 23.9 Å². The molecule has 0 bridgehead atoms. The van der Waals surface area contributed by atoms with Crippen molar-refractivity contribution in [2.75, 3.05) is 13.2 Å².